The molecule has 0 amide bonds. The van der Waals surface area contributed by atoms with Crippen molar-refractivity contribution in [3.05, 3.63) is 17.1 Å². The number of nitrogens with zero attached hydrogens (tertiary/aromatic N) is 3. The van der Waals surface area contributed by atoms with Gasteiger partial charge in [0, 0.05) is 0 Å². The second-order valence-corrected chi connectivity index (χ2v) is 3.81. The molecular weight excluding hydrogens is 186 g/mol. The number of hydrogen-bond acceptors (Lipinski definition) is 5. The molecule has 0 fully saturated rings. The van der Waals surface area contributed by atoms with Crippen LogP contribution in [0.25, 0.3) is 10.8 Å². The van der Waals surface area contributed by atoms with Crippen LogP contribution in [0.5, 0.6) is 0 Å². The van der Waals surface area contributed by atoms with Gasteiger partial charge in [-0.1, -0.05) is 6.92 Å². The molecule has 0 atom stereocenters. The lowest BCUT2D eigenvalue weighted by Crippen LogP contribution is -1.84. The average Bonchev–Trinajstić information content (AvgIpc) is 2.71. The maximum Gasteiger partial charge on any atom is 0.259 e. The molecular formula is C8H9N3OS. The second kappa shape index (κ2) is 3.26. The van der Waals surface area contributed by atoms with Gasteiger partial charge in [0.2, 0.25) is 6.39 Å². The zero-order chi connectivity index (χ0) is 9.26. The minimum Gasteiger partial charge on any atom is -0.423 e. The molecule has 2 heterocycles. The quantitative estimate of drug-likeness (QED) is 0.736. The topological polar surface area (TPSA) is 51.8 Å². The van der Waals surface area contributed by atoms with Crippen molar-refractivity contribution in [1.29, 1.82) is 0 Å². The molecule has 0 radical (unpaired) electrons. The molecule has 0 aliphatic carbocycles. The highest BCUT2D eigenvalue weighted by atomic mass is 32.1. The molecule has 13 heavy (non-hydrogen) atoms. The second-order valence-electron chi connectivity index (χ2n) is 2.61. The summed E-state index contributed by atoms with van der Waals surface area (Å²) in [5.41, 5.74) is 1.03. The van der Waals surface area contributed by atoms with E-state index in [9.17, 15) is 0 Å². The Morgan fingerprint density at radius 2 is 2.38 bits per heavy atom. The maximum absolute atomic E-state index is 5.12. The van der Waals surface area contributed by atoms with E-state index in [-0.39, 0.29) is 0 Å². The summed E-state index contributed by atoms with van der Waals surface area (Å²) in [6.07, 6.45) is 2.23. The summed E-state index contributed by atoms with van der Waals surface area (Å²) in [7, 11) is 0. The number of aromatic nitrogens is 3. The normalized spacial score (nSPS) is 10.6. The van der Waals surface area contributed by atoms with Gasteiger partial charge >= 0.3 is 0 Å². The Labute approximate surface area is 79.6 Å². The Balaban J connectivity index is 2.50. The van der Waals surface area contributed by atoms with Gasteiger partial charge in [-0.2, -0.15) is 0 Å². The SMILES string of the molecule is CCc1nc(C)sc1-c1nnco1. The molecule has 0 N–H and O–H groups in total. The van der Waals surface area contributed by atoms with E-state index in [1.54, 1.807) is 11.3 Å². The zero-order valence-electron chi connectivity index (χ0n) is 7.44. The summed E-state index contributed by atoms with van der Waals surface area (Å²) in [6.45, 7) is 4.04. The van der Waals surface area contributed by atoms with Crippen molar-refractivity contribution in [3.63, 3.8) is 0 Å². The molecule has 4 nitrogen and oxygen atoms in total. The van der Waals surface area contributed by atoms with Gasteiger partial charge in [0.25, 0.3) is 5.89 Å². The van der Waals surface area contributed by atoms with Gasteiger partial charge in [-0.3, -0.25) is 0 Å². The molecule has 5 heteroatoms. The Hall–Kier alpha value is -1.23. The van der Waals surface area contributed by atoms with Crippen molar-refractivity contribution in [2.75, 3.05) is 0 Å². The maximum atomic E-state index is 5.12. The van der Waals surface area contributed by atoms with E-state index < -0.39 is 0 Å². The van der Waals surface area contributed by atoms with Crippen molar-refractivity contribution in [2.45, 2.75) is 20.3 Å². The van der Waals surface area contributed by atoms with Crippen molar-refractivity contribution < 1.29 is 4.42 Å². The Morgan fingerprint density at radius 1 is 1.54 bits per heavy atom. The van der Waals surface area contributed by atoms with Crippen LogP contribution in [0.15, 0.2) is 10.8 Å². The molecule has 0 bridgehead atoms. The molecule has 0 saturated heterocycles. The molecule has 0 aliphatic heterocycles. The van der Waals surface area contributed by atoms with E-state index in [0.29, 0.717) is 5.89 Å². The first-order chi connectivity index (χ1) is 6.31. The van der Waals surface area contributed by atoms with Crippen LogP contribution in [0, 0.1) is 6.92 Å². The first-order valence-corrected chi connectivity index (χ1v) is 4.85. The molecule has 0 saturated carbocycles. The van der Waals surface area contributed by atoms with E-state index in [1.165, 1.54) is 6.39 Å². The van der Waals surface area contributed by atoms with Gasteiger partial charge in [-0.05, 0) is 13.3 Å². The van der Waals surface area contributed by atoms with E-state index >= 15 is 0 Å². The largest absolute Gasteiger partial charge is 0.423 e. The summed E-state index contributed by atoms with van der Waals surface area (Å²) < 4.78 is 5.12. The highest BCUT2D eigenvalue weighted by molar-refractivity contribution is 7.15. The minimum absolute atomic E-state index is 0.572. The predicted molar refractivity (Wildman–Crippen MR) is 49.5 cm³/mol. The van der Waals surface area contributed by atoms with Gasteiger partial charge in [-0.25, -0.2) is 4.98 Å². The number of hydrogen-bond donors (Lipinski definition) is 0. The molecule has 0 unspecified atom stereocenters. The lowest BCUT2D eigenvalue weighted by atomic mass is 10.3. The zero-order valence-corrected chi connectivity index (χ0v) is 8.26. The van der Waals surface area contributed by atoms with Crippen LogP contribution >= 0.6 is 11.3 Å². The van der Waals surface area contributed by atoms with Crippen LogP contribution in [0.4, 0.5) is 0 Å². The van der Waals surface area contributed by atoms with Gasteiger partial charge in [-0.15, -0.1) is 21.5 Å². The molecule has 0 aromatic carbocycles. The van der Waals surface area contributed by atoms with Crippen LogP contribution in [0.3, 0.4) is 0 Å². The Bertz CT molecular complexity index is 393. The predicted octanol–water partition coefficient (Wildman–Crippen LogP) is 2.06. The monoisotopic (exact) mass is 195 g/mol. The fourth-order valence-corrected chi connectivity index (χ4v) is 2.08. The fourth-order valence-electron chi connectivity index (χ4n) is 1.15. The Morgan fingerprint density at radius 3 is 3.00 bits per heavy atom. The molecule has 68 valence electrons. The summed E-state index contributed by atoms with van der Waals surface area (Å²) in [5.74, 6) is 0.572. The van der Waals surface area contributed by atoms with Gasteiger partial charge in [0.05, 0.1) is 10.7 Å². The van der Waals surface area contributed by atoms with Crippen molar-refractivity contribution >= 4 is 11.3 Å². The summed E-state index contributed by atoms with van der Waals surface area (Å²) in [5, 5.41) is 8.54. The number of thiazole rings is 1. The van der Waals surface area contributed by atoms with Crippen LogP contribution in [0.2, 0.25) is 0 Å². The number of rotatable bonds is 2. The highest BCUT2D eigenvalue weighted by Gasteiger charge is 2.13. The first-order valence-electron chi connectivity index (χ1n) is 4.04. The molecule has 0 spiro atoms. The minimum atomic E-state index is 0.572. The van der Waals surface area contributed by atoms with E-state index in [0.717, 1.165) is 22.0 Å². The van der Waals surface area contributed by atoms with Crippen LogP contribution in [0.1, 0.15) is 17.6 Å². The average molecular weight is 195 g/mol. The van der Waals surface area contributed by atoms with Crippen LogP contribution in [-0.2, 0) is 6.42 Å². The van der Waals surface area contributed by atoms with Gasteiger partial charge in [0.15, 0.2) is 0 Å². The third kappa shape index (κ3) is 1.47. The Kier molecular flexibility index (Phi) is 2.10. The number of aryl methyl sites for hydroxylation is 2. The highest BCUT2D eigenvalue weighted by Crippen LogP contribution is 2.28. The van der Waals surface area contributed by atoms with Crippen molar-refractivity contribution in [1.82, 2.24) is 15.2 Å². The summed E-state index contributed by atoms with van der Waals surface area (Å²) in [6, 6.07) is 0. The first kappa shape index (κ1) is 8.37. The van der Waals surface area contributed by atoms with Crippen LogP contribution in [-0.4, -0.2) is 15.2 Å². The standard InChI is InChI=1S/C8H9N3OS/c1-3-6-7(13-5(2)10-6)8-11-9-4-12-8/h4H,3H2,1-2H3. The third-order valence-electron chi connectivity index (χ3n) is 1.69. The lowest BCUT2D eigenvalue weighted by molar-refractivity contribution is 0.569. The lowest BCUT2D eigenvalue weighted by Gasteiger charge is -1.90. The molecule has 2 aromatic rings. The molecule has 2 aromatic heterocycles. The van der Waals surface area contributed by atoms with Gasteiger partial charge < -0.3 is 4.42 Å². The van der Waals surface area contributed by atoms with E-state index in [4.69, 9.17) is 4.42 Å². The molecule has 2 rings (SSSR count). The summed E-state index contributed by atoms with van der Waals surface area (Å²) in [4.78, 5) is 5.37. The van der Waals surface area contributed by atoms with E-state index in [1.807, 2.05) is 6.92 Å². The van der Waals surface area contributed by atoms with Crippen LogP contribution < -0.4 is 0 Å². The fraction of sp³-hybridized carbons (Fsp3) is 0.375. The van der Waals surface area contributed by atoms with Gasteiger partial charge in [0.1, 0.15) is 4.88 Å². The third-order valence-corrected chi connectivity index (χ3v) is 2.69. The summed E-state index contributed by atoms with van der Waals surface area (Å²) >= 11 is 1.59. The van der Waals surface area contributed by atoms with E-state index in [2.05, 4.69) is 22.1 Å². The van der Waals surface area contributed by atoms with Crippen molar-refractivity contribution in [2.24, 2.45) is 0 Å². The smallest absolute Gasteiger partial charge is 0.259 e. The van der Waals surface area contributed by atoms with Crippen molar-refractivity contribution in [3.8, 4) is 10.8 Å². The molecule has 0 aliphatic rings.